The standard InChI is InChI=1S/C10H10BrN3/c11-9-3-1-2-8(4-9)6-14-7-10(12)5-13-14/h1-5,7H,6,12H2. The first-order valence-electron chi connectivity index (χ1n) is 4.26. The topological polar surface area (TPSA) is 43.8 Å². The highest BCUT2D eigenvalue weighted by Gasteiger charge is 1.97. The molecule has 0 unspecified atom stereocenters. The van der Waals surface area contributed by atoms with Crippen LogP contribution in [0.1, 0.15) is 5.56 Å². The van der Waals surface area contributed by atoms with E-state index in [1.807, 2.05) is 23.0 Å². The van der Waals surface area contributed by atoms with Crippen molar-refractivity contribution >= 4 is 21.6 Å². The fraction of sp³-hybridized carbons (Fsp3) is 0.100. The average molecular weight is 252 g/mol. The molecule has 0 fully saturated rings. The molecular formula is C10H10BrN3. The maximum atomic E-state index is 5.57. The monoisotopic (exact) mass is 251 g/mol. The van der Waals surface area contributed by atoms with E-state index in [9.17, 15) is 0 Å². The molecule has 1 aromatic carbocycles. The summed E-state index contributed by atoms with van der Waals surface area (Å²) in [5, 5.41) is 4.12. The Labute approximate surface area is 90.7 Å². The van der Waals surface area contributed by atoms with Crippen molar-refractivity contribution < 1.29 is 0 Å². The van der Waals surface area contributed by atoms with Crippen LogP contribution in [0, 0.1) is 0 Å². The van der Waals surface area contributed by atoms with Gasteiger partial charge in [0.15, 0.2) is 0 Å². The van der Waals surface area contributed by atoms with Gasteiger partial charge in [-0.15, -0.1) is 0 Å². The van der Waals surface area contributed by atoms with Crippen LogP contribution < -0.4 is 5.73 Å². The summed E-state index contributed by atoms with van der Waals surface area (Å²) in [4.78, 5) is 0. The number of nitrogens with two attached hydrogens (primary N) is 1. The lowest BCUT2D eigenvalue weighted by Crippen LogP contribution is -1.99. The molecule has 2 N–H and O–H groups in total. The number of hydrogen-bond acceptors (Lipinski definition) is 2. The Morgan fingerprint density at radius 3 is 2.93 bits per heavy atom. The van der Waals surface area contributed by atoms with Crippen LogP contribution in [0.25, 0.3) is 0 Å². The molecule has 2 rings (SSSR count). The van der Waals surface area contributed by atoms with Gasteiger partial charge in [0.25, 0.3) is 0 Å². The van der Waals surface area contributed by atoms with Crippen molar-refractivity contribution in [3.05, 3.63) is 46.7 Å². The van der Waals surface area contributed by atoms with Crippen molar-refractivity contribution in [3.63, 3.8) is 0 Å². The number of halogens is 1. The number of rotatable bonds is 2. The molecule has 0 radical (unpaired) electrons. The second kappa shape index (κ2) is 3.84. The normalized spacial score (nSPS) is 10.4. The fourth-order valence-corrected chi connectivity index (χ4v) is 1.74. The highest BCUT2D eigenvalue weighted by Crippen LogP contribution is 2.12. The van der Waals surface area contributed by atoms with Gasteiger partial charge in [-0.1, -0.05) is 28.1 Å². The maximum Gasteiger partial charge on any atom is 0.0719 e. The SMILES string of the molecule is Nc1cnn(Cc2cccc(Br)c2)c1. The molecule has 0 saturated carbocycles. The lowest BCUT2D eigenvalue weighted by Gasteiger charge is -2.01. The molecule has 3 nitrogen and oxygen atoms in total. The molecule has 14 heavy (non-hydrogen) atoms. The summed E-state index contributed by atoms with van der Waals surface area (Å²) in [6.07, 6.45) is 3.47. The Balaban J connectivity index is 2.18. The summed E-state index contributed by atoms with van der Waals surface area (Å²) >= 11 is 3.43. The van der Waals surface area contributed by atoms with E-state index in [1.165, 1.54) is 5.56 Å². The first-order chi connectivity index (χ1) is 6.74. The van der Waals surface area contributed by atoms with E-state index in [0.717, 1.165) is 11.0 Å². The lowest BCUT2D eigenvalue weighted by atomic mass is 10.2. The summed E-state index contributed by atoms with van der Waals surface area (Å²) < 4.78 is 2.90. The molecule has 1 aromatic heterocycles. The van der Waals surface area contributed by atoms with Crippen molar-refractivity contribution in [2.45, 2.75) is 6.54 Å². The highest BCUT2D eigenvalue weighted by molar-refractivity contribution is 9.10. The Kier molecular flexibility index (Phi) is 2.54. The van der Waals surface area contributed by atoms with Gasteiger partial charge in [0.1, 0.15) is 0 Å². The summed E-state index contributed by atoms with van der Waals surface area (Å²) in [6, 6.07) is 8.13. The van der Waals surface area contributed by atoms with Crippen LogP contribution in [-0.4, -0.2) is 9.78 Å². The minimum Gasteiger partial charge on any atom is -0.396 e. The molecule has 4 heteroatoms. The molecular weight excluding hydrogens is 242 g/mol. The summed E-state index contributed by atoms with van der Waals surface area (Å²) in [5.74, 6) is 0. The van der Waals surface area contributed by atoms with E-state index >= 15 is 0 Å². The molecule has 72 valence electrons. The van der Waals surface area contributed by atoms with Gasteiger partial charge in [-0.25, -0.2) is 0 Å². The number of nitrogen functional groups attached to an aromatic ring is 1. The molecule has 0 bridgehead atoms. The van der Waals surface area contributed by atoms with Gasteiger partial charge >= 0.3 is 0 Å². The van der Waals surface area contributed by atoms with Gasteiger partial charge in [-0.2, -0.15) is 5.10 Å². The Morgan fingerprint density at radius 2 is 2.29 bits per heavy atom. The molecule has 2 aromatic rings. The van der Waals surface area contributed by atoms with Crippen molar-refractivity contribution in [2.24, 2.45) is 0 Å². The summed E-state index contributed by atoms with van der Waals surface area (Å²) in [7, 11) is 0. The van der Waals surface area contributed by atoms with E-state index in [4.69, 9.17) is 5.73 Å². The summed E-state index contributed by atoms with van der Waals surface area (Å²) in [5.41, 5.74) is 7.46. The van der Waals surface area contributed by atoms with E-state index in [-0.39, 0.29) is 0 Å². The van der Waals surface area contributed by atoms with Crippen LogP contribution in [0.5, 0.6) is 0 Å². The van der Waals surface area contributed by atoms with Crippen molar-refractivity contribution in [2.75, 3.05) is 5.73 Å². The zero-order valence-electron chi connectivity index (χ0n) is 7.52. The molecule has 0 aliphatic rings. The molecule has 0 aliphatic heterocycles. The molecule has 1 heterocycles. The smallest absolute Gasteiger partial charge is 0.0719 e. The zero-order valence-corrected chi connectivity index (χ0v) is 9.11. The van der Waals surface area contributed by atoms with Crippen LogP contribution in [0.3, 0.4) is 0 Å². The van der Waals surface area contributed by atoms with Gasteiger partial charge in [-0.3, -0.25) is 4.68 Å². The number of nitrogens with zero attached hydrogens (tertiary/aromatic N) is 2. The number of hydrogen-bond donors (Lipinski definition) is 1. The maximum absolute atomic E-state index is 5.57. The van der Waals surface area contributed by atoms with Gasteiger partial charge in [0, 0.05) is 10.7 Å². The van der Waals surface area contributed by atoms with Crippen molar-refractivity contribution in [3.8, 4) is 0 Å². The van der Waals surface area contributed by atoms with E-state index in [0.29, 0.717) is 5.69 Å². The lowest BCUT2D eigenvalue weighted by molar-refractivity contribution is 0.687. The zero-order chi connectivity index (χ0) is 9.97. The van der Waals surface area contributed by atoms with Crippen molar-refractivity contribution in [1.82, 2.24) is 9.78 Å². The number of benzene rings is 1. The second-order valence-corrected chi connectivity index (χ2v) is 4.02. The predicted octanol–water partition coefficient (Wildman–Crippen LogP) is 2.28. The Hall–Kier alpha value is -1.29. The Morgan fingerprint density at radius 1 is 1.43 bits per heavy atom. The highest BCUT2D eigenvalue weighted by atomic mass is 79.9. The van der Waals surface area contributed by atoms with Crippen molar-refractivity contribution in [1.29, 1.82) is 0 Å². The van der Waals surface area contributed by atoms with Gasteiger partial charge in [0.2, 0.25) is 0 Å². The van der Waals surface area contributed by atoms with Crippen LogP contribution in [0.15, 0.2) is 41.1 Å². The van der Waals surface area contributed by atoms with E-state index in [1.54, 1.807) is 6.20 Å². The molecule has 0 amide bonds. The third-order valence-electron chi connectivity index (χ3n) is 1.89. The van der Waals surface area contributed by atoms with Gasteiger partial charge in [0.05, 0.1) is 18.4 Å². The van der Waals surface area contributed by atoms with Crippen LogP contribution >= 0.6 is 15.9 Å². The number of aromatic nitrogens is 2. The van der Waals surface area contributed by atoms with Gasteiger partial charge in [-0.05, 0) is 17.7 Å². The second-order valence-electron chi connectivity index (χ2n) is 3.10. The van der Waals surface area contributed by atoms with E-state index in [2.05, 4.69) is 33.2 Å². The molecule has 0 spiro atoms. The fourth-order valence-electron chi connectivity index (χ4n) is 1.29. The van der Waals surface area contributed by atoms with E-state index < -0.39 is 0 Å². The average Bonchev–Trinajstić information content (AvgIpc) is 2.51. The van der Waals surface area contributed by atoms with Gasteiger partial charge < -0.3 is 5.73 Å². The number of anilines is 1. The quantitative estimate of drug-likeness (QED) is 0.890. The predicted molar refractivity (Wildman–Crippen MR) is 59.9 cm³/mol. The first-order valence-corrected chi connectivity index (χ1v) is 5.06. The minimum absolute atomic E-state index is 0.694. The molecule has 0 aliphatic carbocycles. The largest absolute Gasteiger partial charge is 0.396 e. The van der Waals surface area contributed by atoms with Crippen LogP contribution in [0.2, 0.25) is 0 Å². The summed E-state index contributed by atoms with van der Waals surface area (Å²) in [6.45, 7) is 0.747. The third kappa shape index (κ3) is 2.14. The minimum atomic E-state index is 0.694. The first kappa shape index (κ1) is 9.27. The molecule has 0 saturated heterocycles. The Bertz CT molecular complexity index is 436. The molecule has 0 atom stereocenters. The van der Waals surface area contributed by atoms with Crippen LogP contribution in [0.4, 0.5) is 5.69 Å². The van der Waals surface area contributed by atoms with Crippen LogP contribution in [-0.2, 0) is 6.54 Å². The third-order valence-corrected chi connectivity index (χ3v) is 2.38.